The van der Waals surface area contributed by atoms with Crippen LogP contribution in [0.4, 0.5) is 5.69 Å². The van der Waals surface area contributed by atoms with Crippen LogP contribution in [0, 0.1) is 0 Å². The first-order valence-electron chi connectivity index (χ1n) is 10.2. The molecule has 0 spiro atoms. The van der Waals surface area contributed by atoms with Crippen molar-refractivity contribution >= 4 is 28.4 Å². The predicted octanol–water partition coefficient (Wildman–Crippen LogP) is 2.59. The summed E-state index contributed by atoms with van der Waals surface area (Å²) in [7, 11) is 0. The molecule has 0 fully saturated rings. The minimum Gasteiger partial charge on any atom is -0.398 e. The molecule has 4 aromatic rings. The van der Waals surface area contributed by atoms with Gasteiger partial charge in [-0.25, -0.2) is 4.98 Å². The smallest absolute Gasteiger partial charge is 0.268 e. The van der Waals surface area contributed by atoms with Gasteiger partial charge >= 0.3 is 0 Å². The van der Waals surface area contributed by atoms with Gasteiger partial charge in [-0.1, -0.05) is 18.2 Å². The summed E-state index contributed by atoms with van der Waals surface area (Å²) in [6.07, 6.45) is 3.75. The van der Waals surface area contributed by atoms with Gasteiger partial charge in [0.05, 0.1) is 18.8 Å². The molecule has 0 radical (unpaired) electrons. The number of amides is 1. The van der Waals surface area contributed by atoms with Crippen molar-refractivity contribution in [1.82, 2.24) is 24.6 Å². The summed E-state index contributed by atoms with van der Waals surface area (Å²) in [6, 6.07) is 13.1. The molecule has 8 nitrogen and oxygen atoms in total. The molecule has 3 N–H and O–H groups in total. The number of nitrogens with two attached hydrogens (primary N) is 1. The molecular formula is C23H22N6O2. The number of pyridine rings is 1. The Hall–Kier alpha value is -3.94. The molecular weight excluding hydrogens is 392 g/mol. The molecule has 1 aliphatic rings. The van der Waals surface area contributed by atoms with E-state index in [1.165, 1.54) is 0 Å². The van der Waals surface area contributed by atoms with E-state index in [4.69, 9.17) is 5.73 Å². The van der Waals surface area contributed by atoms with Gasteiger partial charge in [0, 0.05) is 30.2 Å². The van der Waals surface area contributed by atoms with Crippen molar-refractivity contribution < 1.29 is 9.59 Å². The number of hydrogen-bond donors (Lipinski definition) is 2. The summed E-state index contributed by atoms with van der Waals surface area (Å²) >= 11 is 0. The minimum atomic E-state index is -0.115. The number of fused-ring (bicyclic) bond motifs is 3. The highest BCUT2D eigenvalue weighted by Gasteiger charge is 2.25. The minimum absolute atomic E-state index is 0.0757. The van der Waals surface area contributed by atoms with Crippen molar-refractivity contribution in [2.24, 2.45) is 0 Å². The van der Waals surface area contributed by atoms with Crippen molar-refractivity contribution in [3.63, 3.8) is 0 Å². The number of carbonyl (C=O) groups is 2. The summed E-state index contributed by atoms with van der Waals surface area (Å²) in [5.41, 5.74) is 10.1. The maximum Gasteiger partial charge on any atom is 0.268 e. The maximum absolute atomic E-state index is 12.9. The standard InChI is InChI=1S/C23H22N6O2/c1-14-10-25-23(31)20-9-16-6-7-19(27-22(16)29(14)20)21(30)8-15-11-26-28(12-15)13-17-4-2-3-5-18(17)24/h2-7,9,11-12,14H,8,10,13,24H2,1H3,(H,25,31)/t14-/m1/s1. The molecule has 0 saturated carbocycles. The molecule has 8 heteroatoms. The normalized spacial score (nSPS) is 15.6. The first-order valence-corrected chi connectivity index (χ1v) is 10.2. The van der Waals surface area contributed by atoms with E-state index in [2.05, 4.69) is 15.4 Å². The third-order valence-electron chi connectivity index (χ3n) is 5.64. The summed E-state index contributed by atoms with van der Waals surface area (Å²) in [4.78, 5) is 29.7. The fraction of sp³-hybridized carbons (Fsp3) is 0.217. The van der Waals surface area contributed by atoms with Gasteiger partial charge in [0.15, 0.2) is 5.78 Å². The Morgan fingerprint density at radius 3 is 2.94 bits per heavy atom. The number of rotatable bonds is 5. The number of nitrogens with one attached hydrogen (secondary N) is 1. The fourth-order valence-electron chi connectivity index (χ4n) is 4.01. The second-order valence-electron chi connectivity index (χ2n) is 7.91. The van der Waals surface area contributed by atoms with E-state index in [-0.39, 0.29) is 24.2 Å². The van der Waals surface area contributed by atoms with Gasteiger partial charge < -0.3 is 15.6 Å². The average molecular weight is 414 g/mol. The zero-order chi connectivity index (χ0) is 21.5. The summed E-state index contributed by atoms with van der Waals surface area (Å²) < 4.78 is 3.68. The van der Waals surface area contributed by atoms with Crippen LogP contribution in [0.5, 0.6) is 0 Å². The number of para-hydroxylation sites is 1. The Morgan fingerprint density at radius 1 is 1.26 bits per heavy atom. The second-order valence-corrected chi connectivity index (χ2v) is 7.91. The SMILES string of the molecule is C[C@@H]1CNC(=O)c2cc3ccc(C(=O)Cc4cnn(Cc5ccccc5N)c4)nc3n21. The number of carbonyl (C=O) groups excluding carboxylic acids is 2. The molecule has 4 heterocycles. The third-order valence-corrected chi connectivity index (χ3v) is 5.64. The maximum atomic E-state index is 12.9. The van der Waals surface area contributed by atoms with Crippen molar-refractivity contribution in [2.45, 2.75) is 25.9 Å². The van der Waals surface area contributed by atoms with Crippen LogP contribution < -0.4 is 11.1 Å². The molecule has 31 heavy (non-hydrogen) atoms. The lowest BCUT2D eigenvalue weighted by molar-refractivity contribution is 0.0918. The molecule has 3 aromatic heterocycles. The molecule has 1 atom stereocenters. The highest BCUT2D eigenvalue weighted by Crippen LogP contribution is 2.26. The largest absolute Gasteiger partial charge is 0.398 e. The molecule has 0 aliphatic carbocycles. The number of nitrogens with zero attached hydrogens (tertiary/aromatic N) is 4. The summed E-state index contributed by atoms with van der Waals surface area (Å²) in [6.45, 7) is 3.11. The molecule has 0 saturated heterocycles. The lowest BCUT2D eigenvalue weighted by Gasteiger charge is -2.23. The van der Waals surface area contributed by atoms with Crippen molar-refractivity contribution in [1.29, 1.82) is 0 Å². The number of ketones is 1. The van der Waals surface area contributed by atoms with Gasteiger partial charge in [0.1, 0.15) is 17.0 Å². The molecule has 0 bridgehead atoms. The van der Waals surface area contributed by atoms with E-state index in [0.717, 1.165) is 16.5 Å². The zero-order valence-corrected chi connectivity index (χ0v) is 17.1. The first-order chi connectivity index (χ1) is 15.0. The van der Waals surface area contributed by atoms with E-state index in [9.17, 15) is 9.59 Å². The van der Waals surface area contributed by atoms with Gasteiger partial charge in [-0.05, 0) is 42.3 Å². The van der Waals surface area contributed by atoms with Crippen molar-refractivity contribution in [3.8, 4) is 0 Å². The number of nitrogen functional groups attached to an aromatic ring is 1. The molecule has 1 amide bonds. The van der Waals surface area contributed by atoms with Crippen LogP contribution in [-0.2, 0) is 13.0 Å². The van der Waals surface area contributed by atoms with Gasteiger partial charge in [0.2, 0.25) is 0 Å². The van der Waals surface area contributed by atoms with Crippen LogP contribution in [0.3, 0.4) is 0 Å². The zero-order valence-electron chi connectivity index (χ0n) is 17.1. The van der Waals surface area contributed by atoms with Crippen LogP contribution in [0.2, 0.25) is 0 Å². The molecule has 1 aromatic carbocycles. The Balaban J connectivity index is 1.37. The van der Waals surface area contributed by atoms with Crippen LogP contribution in [-0.4, -0.2) is 37.6 Å². The quantitative estimate of drug-likeness (QED) is 0.385. The monoisotopic (exact) mass is 414 g/mol. The van der Waals surface area contributed by atoms with Gasteiger partial charge in [-0.3, -0.25) is 14.3 Å². The lowest BCUT2D eigenvalue weighted by atomic mass is 10.1. The first kappa shape index (κ1) is 19.0. The molecule has 5 rings (SSSR count). The highest BCUT2D eigenvalue weighted by atomic mass is 16.2. The number of anilines is 1. The number of hydrogen-bond acceptors (Lipinski definition) is 5. The number of benzene rings is 1. The van der Waals surface area contributed by atoms with Gasteiger partial charge in [-0.2, -0.15) is 5.10 Å². The number of aromatic nitrogens is 4. The number of Topliss-reactive ketones (excluding diaryl/α,β-unsaturated/α-hetero) is 1. The molecule has 156 valence electrons. The second kappa shape index (κ2) is 7.39. The van der Waals surface area contributed by atoms with Crippen LogP contribution in [0.1, 0.15) is 45.1 Å². The van der Waals surface area contributed by atoms with E-state index in [0.29, 0.717) is 35.8 Å². The summed E-state index contributed by atoms with van der Waals surface area (Å²) in [5.74, 6) is -0.209. The van der Waals surface area contributed by atoms with E-state index < -0.39 is 0 Å². The van der Waals surface area contributed by atoms with E-state index in [1.54, 1.807) is 16.9 Å². The Bertz CT molecular complexity index is 1320. The van der Waals surface area contributed by atoms with E-state index >= 15 is 0 Å². The Labute approximate surface area is 178 Å². The third kappa shape index (κ3) is 3.46. The van der Waals surface area contributed by atoms with Crippen LogP contribution >= 0.6 is 0 Å². The van der Waals surface area contributed by atoms with Crippen LogP contribution in [0.15, 0.2) is 54.9 Å². The van der Waals surface area contributed by atoms with Crippen molar-refractivity contribution in [2.75, 3.05) is 12.3 Å². The van der Waals surface area contributed by atoms with Crippen LogP contribution in [0.25, 0.3) is 11.0 Å². The summed E-state index contributed by atoms with van der Waals surface area (Å²) in [5, 5.41) is 8.08. The van der Waals surface area contributed by atoms with E-state index in [1.807, 2.05) is 54.1 Å². The topological polar surface area (TPSA) is 108 Å². The Kier molecular flexibility index (Phi) is 4.54. The Morgan fingerprint density at radius 2 is 2.10 bits per heavy atom. The highest BCUT2D eigenvalue weighted by molar-refractivity contribution is 6.01. The predicted molar refractivity (Wildman–Crippen MR) is 117 cm³/mol. The van der Waals surface area contributed by atoms with Gasteiger partial charge in [0.25, 0.3) is 5.91 Å². The van der Waals surface area contributed by atoms with Gasteiger partial charge in [-0.15, -0.1) is 0 Å². The molecule has 1 aliphatic heterocycles. The van der Waals surface area contributed by atoms with Crippen molar-refractivity contribution in [3.05, 3.63) is 77.4 Å². The lowest BCUT2D eigenvalue weighted by Crippen LogP contribution is -2.37. The average Bonchev–Trinajstić information content (AvgIpc) is 3.37. The molecule has 0 unspecified atom stereocenters. The fourth-order valence-corrected chi connectivity index (χ4v) is 4.01.